The highest BCUT2D eigenvalue weighted by molar-refractivity contribution is 7.10. The predicted molar refractivity (Wildman–Crippen MR) is 105 cm³/mol. The molecular weight excluding hydrogens is 362 g/mol. The second-order valence-corrected chi connectivity index (χ2v) is 8.27. The Kier molecular flexibility index (Phi) is 4.61. The van der Waals surface area contributed by atoms with Crippen molar-refractivity contribution in [2.45, 2.75) is 12.0 Å². The van der Waals surface area contributed by atoms with Crippen molar-refractivity contribution in [1.82, 2.24) is 19.6 Å². The number of hydrogen-bond acceptors (Lipinski definition) is 5. The third-order valence-electron chi connectivity index (χ3n) is 5.52. The summed E-state index contributed by atoms with van der Waals surface area (Å²) in [5.41, 5.74) is 0.605. The number of piperazine rings is 1. The predicted octanol–water partition coefficient (Wildman–Crippen LogP) is 1.44. The van der Waals surface area contributed by atoms with Crippen molar-refractivity contribution in [2.24, 2.45) is 7.05 Å². The Labute approximate surface area is 162 Å². The molecule has 27 heavy (non-hydrogen) atoms. The zero-order valence-electron chi connectivity index (χ0n) is 15.5. The highest BCUT2D eigenvalue weighted by atomic mass is 32.1. The topological polar surface area (TPSA) is 61.7 Å². The van der Waals surface area contributed by atoms with Crippen LogP contribution in [-0.4, -0.2) is 70.2 Å². The average Bonchev–Trinajstić information content (AvgIpc) is 3.38. The van der Waals surface area contributed by atoms with E-state index in [0.29, 0.717) is 26.2 Å². The lowest BCUT2D eigenvalue weighted by Gasteiger charge is -2.46. The van der Waals surface area contributed by atoms with Gasteiger partial charge < -0.3 is 9.80 Å². The van der Waals surface area contributed by atoms with E-state index in [9.17, 15) is 9.59 Å². The maximum atomic E-state index is 12.6. The van der Waals surface area contributed by atoms with Crippen LogP contribution in [0.15, 0.2) is 36.0 Å². The van der Waals surface area contributed by atoms with Gasteiger partial charge in [0.15, 0.2) is 0 Å². The molecule has 0 aliphatic carbocycles. The van der Waals surface area contributed by atoms with Crippen LogP contribution in [0.4, 0.5) is 5.69 Å². The first-order chi connectivity index (χ1) is 13.0. The van der Waals surface area contributed by atoms with Gasteiger partial charge in [-0.2, -0.15) is 5.10 Å². The van der Waals surface area contributed by atoms with Gasteiger partial charge >= 0.3 is 0 Å². The molecule has 1 atom stereocenters. The van der Waals surface area contributed by atoms with Crippen LogP contribution in [0.5, 0.6) is 0 Å². The molecule has 8 heteroatoms. The van der Waals surface area contributed by atoms with Crippen molar-refractivity contribution in [1.29, 1.82) is 0 Å². The number of anilines is 1. The summed E-state index contributed by atoms with van der Waals surface area (Å²) in [6.45, 7) is 2.25. The first-order valence-corrected chi connectivity index (χ1v) is 9.86. The molecule has 2 aliphatic heterocycles. The maximum Gasteiger partial charge on any atom is 0.246 e. The van der Waals surface area contributed by atoms with Crippen LogP contribution in [0.1, 0.15) is 11.3 Å². The van der Waals surface area contributed by atoms with E-state index in [1.54, 1.807) is 28.3 Å². The molecule has 1 unspecified atom stereocenters. The van der Waals surface area contributed by atoms with E-state index in [4.69, 9.17) is 0 Å². The molecule has 142 valence electrons. The molecule has 4 rings (SSSR count). The molecule has 4 heterocycles. The zero-order valence-corrected chi connectivity index (χ0v) is 16.4. The molecule has 2 fully saturated rings. The minimum atomic E-state index is -0.212. The summed E-state index contributed by atoms with van der Waals surface area (Å²) in [7, 11) is 3.82. The summed E-state index contributed by atoms with van der Waals surface area (Å²) in [6.07, 6.45) is 7.95. The normalized spacial score (nSPS) is 23.9. The molecule has 2 saturated heterocycles. The van der Waals surface area contributed by atoms with Gasteiger partial charge in [-0.25, -0.2) is 0 Å². The summed E-state index contributed by atoms with van der Waals surface area (Å²) in [5, 5.41) is 6.18. The minimum absolute atomic E-state index is 0.0264. The van der Waals surface area contributed by atoms with E-state index in [1.807, 2.05) is 53.7 Å². The number of likely N-dealkylation sites (tertiary alicyclic amines) is 1. The van der Waals surface area contributed by atoms with Crippen LogP contribution in [0, 0.1) is 0 Å². The molecule has 2 aromatic rings. The average molecular weight is 385 g/mol. The van der Waals surface area contributed by atoms with Crippen LogP contribution < -0.4 is 4.90 Å². The molecule has 0 saturated carbocycles. The summed E-state index contributed by atoms with van der Waals surface area (Å²) >= 11 is 1.61. The molecule has 2 aromatic heterocycles. The number of aromatic nitrogens is 2. The van der Waals surface area contributed by atoms with E-state index in [1.165, 1.54) is 0 Å². The second kappa shape index (κ2) is 6.94. The Balaban J connectivity index is 1.49. The summed E-state index contributed by atoms with van der Waals surface area (Å²) < 4.78 is 1.70. The number of rotatable bonds is 3. The van der Waals surface area contributed by atoms with Gasteiger partial charge in [0.25, 0.3) is 0 Å². The highest BCUT2D eigenvalue weighted by Gasteiger charge is 2.48. The summed E-state index contributed by atoms with van der Waals surface area (Å²) in [4.78, 5) is 32.1. The minimum Gasteiger partial charge on any atom is -0.337 e. The van der Waals surface area contributed by atoms with Crippen molar-refractivity contribution in [3.63, 3.8) is 0 Å². The number of carbonyl (C=O) groups excluding carboxylic acids is 2. The van der Waals surface area contributed by atoms with Gasteiger partial charge in [-0.1, -0.05) is 6.07 Å². The van der Waals surface area contributed by atoms with Gasteiger partial charge in [0.05, 0.1) is 24.0 Å². The standard InChI is InChI=1S/C19H23N5O2S/c1-21-12-18(26)24(15-10-20-22(2)11-15)14-19(21)7-8-23(13-19)17(25)6-5-16-4-3-9-27-16/h3-6,9-11H,7-8,12-14H2,1-2H3/b6-5+. The lowest BCUT2D eigenvalue weighted by molar-refractivity contribution is -0.126. The molecule has 7 nitrogen and oxygen atoms in total. The smallest absolute Gasteiger partial charge is 0.246 e. The zero-order chi connectivity index (χ0) is 19.0. The number of thiophene rings is 1. The van der Waals surface area contributed by atoms with Crippen LogP contribution in [0.3, 0.4) is 0 Å². The molecule has 2 amide bonds. The van der Waals surface area contributed by atoms with Gasteiger partial charge in [0, 0.05) is 43.8 Å². The molecule has 0 aromatic carbocycles. The first-order valence-electron chi connectivity index (χ1n) is 8.98. The monoisotopic (exact) mass is 385 g/mol. The van der Waals surface area contributed by atoms with E-state index < -0.39 is 0 Å². The van der Waals surface area contributed by atoms with Gasteiger partial charge in [-0.15, -0.1) is 11.3 Å². The van der Waals surface area contributed by atoms with Crippen molar-refractivity contribution in [3.05, 3.63) is 40.9 Å². The molecule has 1 spiro atoms. The Morgan fingerprint density at radius 2 is 2.19 bits per heavy atom. The fraction of sp³-hybridized carbons (Fsp3) is 0.421. The number of aryl methyl sites for hydroxylation is 1. The van der Waals surface area contributed by atoms with Crippen molar-refractivity contribution in [3.8, 4) is 0 Å². The van der Waals surface area contributed by atoms with Crippen molar-refractivity contribution < 1.29 is 9.59 Å². The Morgan fingerprint density at radius 1 is 1.33 bits per heavy atom. The van der Waals surface area contributed by atoms with E-state index in [2.05, 4.69) is 10.00 Å². The third kappa shape index (κ3) is 3.42. The fourth-order valence-electron chi connectivity index (χ4n) is 3.87. The Hall–Kier alpha value is -2.45. The third-order valence-corrected chi connectivity index (χ3v) is 6.35. The van der Waals surface area contributed by atoms with Crippen molar-refractivity contribution in [2.75, 3.05) is 38.1 Å². The number of nitrogens with zero attached hydrogens (tertiary/aromatic N) is 5. The fourth-order valence-corrected chi connectivity index (χ4v) is 4.49. The number of likely N-dealkylation sites (N-methyl/N-ethyl adjacent to an activating group) is 1. The largest absolute Gasteiger partial charge is 0.337 e. The highest BCUT2D eigenvalue weighted by Crippen LogP contribution is 2.33. The SMILES string of the molecule is CN1CC(=O)N(c2cnn(C)c2)CC12CCN(C(=O)/C=C/c1cccs1)C2. The molecule has 2 aliphatic rings. The van der Waals surface area contributed by atoms with Crippen LogP contribution in [0.2, 0.25) is 0 Å². The van der Waals surface area contributed by atoms with Crippen LogP contribution in [-0.2, 0) is 16.6 Å². The molecular formula is C19H23N5O2S. The Morgan fingerprint density at radius 3 is 2.89 bits per heavy atom. The quantitative estimate of drug-likeness (QED) is 0.751. The van der Waals surface area contributed by atoms with Gasteiger partial charge in [0.1, 0.15) is 0 Å². The number of amides is 2. The van der Waals surface area contributed by atoms with Gasteiger partial charge in [0.2, 0.25) is 11.8 Å². The van der Waals surface area contributed by atoms with Crippen molar-refractivity contribution >= 4 is 34.9 Å². The lowest BCUT2D eigenvalue weighted by Crippen LogP contribution is -2.64. The van der Waals surface area contributed by atoms with E-state index >= 15 is 0 Å². The van der Waals surface area contributed by atoms with Gasteiger partial charge in [-0.05, 0) is 31.0 Å². The van der Waals surface area contributed by atoms with Crippen LogP contribution in [0.25, 0.3) is 6.08 Å². The maximum absolute atomic E-state index is 12.6. The Bertz CT molecular complexity index is 875. The first kappa shape index (κ1) is 17.9. The summed E-state index contributed by atoms with van der Waals surface area (Å²) in [5.74, 6) is 0.0944. The van der Waals surface area contributed by atoms with Gasteiger partial charge in [-0.3, -0.25) is 19.2 Å². The molecule has 0 radical (unpaired) electrons. The van der Waals surface area contributed by atoms with Crippen LogP contribution >= 0.6 is 11.3 Å². The summed E-state index contributed by atoms with van der Waals surface area (Å²) in [6, 6.07) is 3.97. The molecule has 0 N–H and O–H groups in total. The number of hydrogen-bond donors (Lipinski definition) is 0. The lowest BCUT2D eigenvalue weighted by atomic mass is 9.93. The second-order valence-electron chi connectivity index (χ2n) is 7.29. The van der Waals surface area contributed by atoms with E-state index in [-0.39, 0.29) is 17.4 Å². The van der Waals surface area contributed by atoms with E-state index in [0.717, 1.165) is 17.0 Å². The molecule has 0 bridgehead atoms. The number of carbonyl (C=O) groups is 2.